The van der Waals surface area contributed by atoms with E-state index in [1.165, 1.54) is 6.33 Å². The van der Waals surface area contributed by atoms with E-state index in [4.69, 9.17) is 0 Å². The van der Waals surface area contributed by atoms with Crippen LogP contribution in [0.2, 0.25) is 0 Å². The zero-order valence-corrected chi connectivity index (χ0v) is 19.4. The number of anilines is 1. The lowest BCUT2D eigenvalue weighted by Crippen LogP contribution is -2.37. The number of carbonyl (C=O) groups is 1. The third kappa shape index (κ3) is 3.96. The molecule has 0 radical (unpaired) electrons. The maximum Gasteiger partial charge on any atom is 0.327 e. The number of imidazole rings is 1. The van der Waals surface area contributed by atoms with E-state index in [2.05, 4.69) is 37.0 Å². The molecule has 1 unspecified atom stereocenters. The molecule has 0 bridgehead atoms. The number of carbonyl (C=O) groups excluding carboxylic acids is 1. The van der Waals surface area contributed by atoms with Gasteiger partial charge in [-0.3, -0.25) is 14.3 Å². The molecule has 9 heteroatoms. The number of nitrogens with zero attached hydrogens (tertiary/aromatic N) is 6. The van der Waals surface area contributed by atoms with Crippen molar-refractivity contribution in [3.8, 4) is 0 Å². The molecule has 1 amide bonds. The van der Waals surface area contributed by atoms with Gasteiger partial charge >= 0.3 is 5.69 Å². The Morgan fingerprint density at radius 2 is 1.77 bits per heavy atom. The molecular formula is C26H27N7O2. The van der Waals surface area contributed by atoms with Crippen molar-refractivity contribution >= 4 is 22.9 Å². The number of benzene rings is 1. The molecule has 2 saturated heterocycles. The van der Waals surface area contributed by atoms with Crippen LogP contribution in [0.25, 0.3) is 11.2 Å². The van der Waals surface area contributed by atoms with E-state index in [9.17, 15) is 9.59 Å². The van der Waals surface area contributed by atoms with Crippen LogP contribution in [0.15, 0.2) is 65.8 Å². The van der Waals surface area contributed by atoms with Gasteiger partial charge in [-0.2, -0.15) is 0 Å². The van der Waals surface area contributed by atoms with Crippen LogP contribution in [-0.2, 0) is 0 Å². The van der Waals surface area contributed by atoms with Crippen LogP contribution in [0.1, 0.15) is 53.8 Å². The minimum absolute atomic E-state index is 0.0484. The highest BCUT2D eigenvalue weighted by Gasteiger charge is 2.32. The standard InChI is InChI=1S/C26H27N7O2/c34-25(32-13-5-9-21(32)18-6-2-1-3-7-18)20-16-23(29-17-28-20)31-14-10-19(11-15-31)33-22-8-4-12-27-24(22)30-26(33)35/h1-4,6-8,12,16-17,19,21H,5,9-11,13-15H2,(H,27,30,35). The molecule has 0 aliphatic carbocycles. The highest BCUT2D eigenvalue weighted by Crippen LogP contribution is 2.33. The molecule has 0 spiro atoms. The van der Waals surface area contributed by atoms with E-state index in [-0.39, 0.29) is 23.7 Å². The summed E-state index contributed by atoms with van der Waals surface area (Å²) >= 11 is 0. The molecular weight excluding hydrogens is 442 g/mol. The third-order valence-corrected chi connectivity index (χ3v) is 7.21. The van der Waals surface area contributed by atoms with Gasteiger partial charge in [0.1, 0.15) is 17.8 Å². The Hall–Kier alpha value is -4.01. The van der Waals surface area contributed by atoms with Gasteiger partial charge in [0, 0.05) is 37.9 Å². The fraction of sp³-hybridized carbons (Fsp3) is 0.346. The molecule has 9 nitrogen and oxygen atoms in total. The molecule has 5 heterocycles. The summed E-state index contributed by atoms with van der Waals surface area (Å²) in [5.41, 5.74) is 2.93. The maximum absolute atomic E-state index is 13.4. The van der Waals surface area contributed by atoms with Crippen molar-refractivity contribution < 1.29 is 4.79 Å². The van der Waals surface area contributed by atoms with Crippen molar-refractivity contribution in [2.24, 2.45) is 0 Å². The summed E-state index contributed by atoms with van der Waals surface area (Å²) in [4.78, 5) is 46.0. The number of amides is 1. The van der Waals surface area contributed by atoms with Crippen LogP contribution in [-0.4, -0.2) is 54.9 Å². The Balaban J connectivity index is 1.18. The van der Waals surface area contributed by atoms with Crippen molar-refractivity contribution in [2.45, 2.75) is 37.8 Å². The first-order valence-corrected chi connectivity index (χ1v) is 12.2. The van der Waals surface area contributed by atoms with Gasteiger partial charge in [-0.25, -0.2) is 19.7 Å². The molecule has 0 saturated carbocycles. The smallest absolute Gasteiger partial charge is 0.327 e. The lowest BCUT2D eigenvalue weighted by Gasteiger charge is -2.33. The Morgan fingerprint density at radius 3 is 2.60 bits per heavy atom. The second kappa shape index (κ2) is 8.98. The SMILES string of the molecule is O=C(c1cc(N2CCC(n3c(=O)[nH]c4ncccc43)CC2)ncn1)N1CCCC1c1ccccc1. The number of hydrogen-bond donors (Lipinski definition) is 1. The van der Waals surface area contributed by atoms with Gasteiger partial charge in [-0.1, -0.05) is 30.3 Å². The van der Waals surface area contributed by atoms with Crippen LogP contribution in [0.4, 0.5) is 5.82 Å². The third-order valence-electron chi connectivity index (χ3n) is 7.21. The topological polar surface area (TPSA) is 100 Å². The predicted molar refractivity (Wildman–Crippen MR) is 132 cm³/mol. The van der Waals surface area contributed by atoms with Crippen molar-refractivity contribution in [3.63, 3.8) is 0 Å². The Morgan fingerprint density at radius 1 is 0.943 bits per heavy atom. The van der Waals surface area contributed by atoms with Crippen LogP contribution in [0.3, 0.4) is 0 Å². The monoisotopic (exact) mass is 469 g/mol. The summed E-state index contributed by atoms with van der Waals surface area (Å²) in [6.07, 6.45) is 6.72. The first kappa shape index (κ1) is 21.5. The predicted octanol–water partition coefficient (Wildman–Crippen LogP) is 3.33. The number of likely N-dealkylation sites (tertiary alicyclic amines) is 1. The number of hydrogen-bond acceptors (Lipinski definition) is 6. The highest BCUT2D eigenvalue weighted by molar-refractivity contribution is 5.93. The quantitative estimate of drug-likeness (QED) is 0.492. The van der Waals surface area contributed by atoms with E-state index >= 15 is 0 Å². The van der Waals surface area contributed by atoms with E-state index in [1.807, 2.05) is 45.9 Å². The van der Waals surface area contributed by atoms with E-state index in [1.54, 1.807) is 6.20 Å². The Labute approximate surface area is 202 Å². The molecule has 2 aliphatic heterocycles. The minimum Gasteiger partial charge on any atom is -0.356 e. The fourth-order valence-corrected chi connectivity index (χ4v) is 5.49. The van der Waals surface area contributed by atoms with Crippen LogP contribution in [0.5, 0.6) is 0 Å². The van der Waals surface area contributed by atoms with Gasteiger partial charge in [0.15, 0.2) is 5.65 Å². The second-order valence-corrected chi connectivity index (χ2v) is 9.22. The molecule has 178 valence electrons. The number of pyridine rings is 1. The van der Waals surface area contributed by atoms with E-state index in [0.29, 0.717) is 11.3 Å². The summed E-state index contributed by atoms with van der Waals surface area (Å²) in [6, 6.07) is 16.0. The van der Waals surface area contributed by atoms with Gasteiger partial charge in [0.25, 0.3) is 5.91 Å². The zero-order chi connectivity index (χ0) is 23.8. The number of rotatable bonds is 4. The molecule has 3 aromatic heterocycles. The number of H-pyrrole nitrogens is 1. The molecule has 35 heavy (non-hydrogen) atoms. The first-order chi connectivity index (χ1) is 17.2. The van der Waals surface area contributed by atoms with Crippen molar-refractivity contribution in [3.05, 3.63) is 82.8 Å². The largest absolute Gasteiger partial charge is 0.356 e. The number of nitrogens with one attached hydrogen (secondary N) is 1. The van der Waals surface area contributed by atoms with Crippen molar-refractivity contribution in [1.82, 2.24) is 29.4 Å². The van der Waals surface area contributed by atoms with E-state index in [0.717, 1.165) is 62.2 Å². The second-order valence-electron chi connectivity index (χ2n) is 9.22. The van der Waals surface area contributed by atoms with Gasteiger partial charge in [-0.05, 0) is 43.4 Å². The Bertz CT molecular complexity index is 1410. The Kier molecular flexibility index (Phi) is 5.52. The van der Waals surface area contributed by atoms with E-state index < -0.39 is 0 Å². The van der Waals surface area contributed by atoms with Gasteiger partial charge in [0.2, 0.25) is 0 Å². The molecule has 4 aromatic rings. The van der Waals surface area contributed by atoms with Crippen molar-refractivity contribution in [2.75, 3.05) is 24.5 Å². The number of aromatic amines is 1. The lowest BCUT2D eigenvalue weighted by atomic mass is 10.0. The van der Waals surface area contributed by atoms with Gasteiger partial charge in [-0.15, -0.1) is 0 Å². The zero-order valence-electron chi connectivity index (χ0n) is 19.4. The summed E-state index contributed by atoms with van der Waals surface area (Å²) in [5.74, 6) is 0.706. The summed E-state index contributed by atoms with van der Waals surface area (Å²) in [7, 11) is 0. The number of piperidine rings is 1. The maximum atomic E-state index is 13.4. The van der Waals surface area contributed by atoms with Gasteiger partial charge in [0.05, 0.1) is 11.6 Å². The van der Waals surface area contributed by atoms with Crippen LogP contribution in [0, 0.1) is 0 Å². The average Bonchev–Trinajstić information content (AvgIpc) is 3.53. The first-order valence-electron chi connectivity index (χ1n) is 12.2. The van der Waals surface area contributed by atoms with Crippen LogP contribution < -0.4 is 10.6 Å². The highest BCUT2D eigenvalue weighted by atomic mass is 16.2. The van der Waals surface area contributed by atoms with Gasteiger partial charge < -0.3 is 9.80 Å². The molecule has 1 N–H and O–H groups in total. The average molecular weight is 470 g/mol. The van der Waals surface area contributed by atoms with Crippen molar-refractivity contribution in [1.29, 1.82) is 0 Å². The summed E-state index contributed by atoms with van der Waals surface area (Å²) in [5, 5.41) is 0. The lowest BCUT2D eigenvalue weighted by molar-refractivity contribution is 0.0729. The number of aromatic nitrogens is 5. The molecule has 1 aromatic carbocycles. The normalized spacial score (nSPS) is 18.9. The fourth-order valence-electron chi connectivity index (χ4n) is 5.49. The molecule has 2 fully saturated rings. The molecule has 1 atom stereocenters. The molecule has 6 rings (SSSR count). The minimum atomic E-state index is -0.120. The molecule has 2 aliphatic rings. The summed E-state index contributed by atoms with van der Waals surface area (Å²) in [6.45, 7) is 2.22. The van der Waals surface area contributed by atoms with Crippen LogP contribution >= 0.6 is 0 Å². The number of fused-ring (bicyclic) bond motifs is 1. The summed E-state index contributed by atoms with van der Waals surface area (Å²) < 4.78 is 1.83.